The molecule has 3 amide bonds. The van der Waals surface area contributed by atoms with Gasteiger partial charge in [-0.3, -0.25) is 29.0 Å². The first-order chi connectivity index (χ1) is 30.4. The number of nitrogens with zero attached hydrogens (tertiary/aromatic N) is 3. The van der Waals surface area contributed by atoms with E-state index in [2.05, 4.69) is 58.4 Å². The van der Waals surface area contributed by atoms with Gasteiger partial charge in [0, 0.05) is 34.4 Å². The molecule has 332 valence electrons. The third-order valence-electron chi connectivity index (χ3n) is 12.7. The standard InChI is InChI=1S/C52H65N7O4/c1-34(2)25-29-57(5)47(36-15-9-7-10-16-36)49(60)41-32-38(21-23-43(41)56-50(61)44-19-13-27-53-44)45-33-39-31-40(22-24-42(39)55-45)54-51(62)46-20-14-28-59(46)52(63)48(37-17-11-8-12-18-37)58(6)30-26-35(3)4/h7-12,15-18,21-24,31-35,44,46-48,53,55H,13-14,19-20,25-30H2,1-6H3,(H,54,62)(H,56,61)/t44-,46-,47+,48+/m0/s1. The van der Waals surface area contributed by atoms with Crippen LogP contribution in [0.1, 0.15) is 99.8 Å². The van der Waals surface area contributed by atoms with Gasteiger partial charge in [-0.25, -0.2) is 0 Å². The zero-order chi connectivity index (χ0) is 44.6. The number of nitrogens with one attached hydrogen (secondary N) is 4. The lowest BCUT2D eigenvalue weighted by Gasteiger charge is -2.33. The molecule has 11 nitrogen and oxygen atoms in total. The summed E-state index contributed by atoms with van der Waals surface area (Å²) in [5.74, 6) is 0.482. The second kappa shape index (κ2) is 20.7. The highest BCUT2D eigenvalue weighted by Crippen LogP contribution is 2.34. The molecule has 0 radical (unpaired) electrons. The van der Waals surface area contributed by atoms with Gasteiger partial charge in [0.15, 0.2) is 5.78 Å². The number of carbonyl (C=O) groups excluding carboxylic acids is 4. The van der Waals surface area contributed by atoms with Crippen LogP contribution in [0.3, 0.4) is 0 Å². The Bertz CT molecular complexity index is 2350. The smallest absolute Gasteiger partial charge is 0.247 e. The predicted molar refractivity (Wildman–Crippen MR) is 254 cm³/mol. The maximum absolute atomic E-state index is 14.9. The Morgan fingerprint density at radius 3 is 2.00 bits per heavy atom. The normalized spacial score (nSPS) is 17.5. The molecule has 2 aliphatic rings. The van der Waals surface area contributed by atoms with Crippen molar-refractivity contribution in [1.82, 2.24) is 25.0 Å². The van der Waals surface area contributed by atoms with Crippen molar-refractivity contribution in [2.75, 3.05) is 50.9 Å². The third kappa shape index (κ3) is 11.0. The molecular formula is C52H65N7O4. The minimum Gasteiger partial charge on any atom is -0.355 e. The fourth-order valence-corrected chi connectivity index (χ4v) is 9.00. The molecule has 0 saturated carbocycles. The van der Waals surface area contributed by atoms with Gasteiger partial charge in [0.2, 0.25) is 17.7 Å². The van der Waals surface area contributed by atoms with E-state index in [9.17, 15) is 19.2 Å². The van der Waals surface area contributed by atoms with Crippen LogP contribution in [0, 0.1) is 11.8 Å². The van der Waals surface area contributed by atoms with Gasteiger partial charge in [0.25, 0.3) is 0 Å². The molecule has 7 rings (SSSR count). The predicted octanol–water partition coefficient (Wildman–Crippen LogP) is 9.08. The highest BCUT2D eigenvalue weighted by Gasteiger charge is 2.39. The maximum Gasteiger partial charge on any atom is 0.247 e. The summed E-state index contributed by atoms with van der Waals surface area (Å²) in [4.78, 5) is 66.3. The topological polar surface area (TPSA) is 130 Å². The highest BCUT2D eigenvalue weighted by atomic mass is 16.2. The Labute approximate surface area is 373 Å². The van der Waals surface area contributed by atoms with E-state index in [0.29, 0.717) is 41.7 Å². The lowest BCUT2D eigenvalue weighted by molar-refractivity contribution is -0.141. The van der Waals surface area contributed by atoms with Crippen LogP contribution in [0.15, 0.2) is 103 Å². The Balaban J connectivity index is 1.14. The van der Waals surface area contributed by atoms with E-state index in [1.807, 2.05) is 117 Å². The van der Waals surface area contributed by atoms with Crippen LogP contribution in [0.4, 0.5) is 11.4 Å². The number of amides is 3. The van der Waals surface area contributed by atoms with E-state index in [1.165, 1.54) is 0 Å². The van der Waals surface area contributed by atoms with E-state index in [0.717, 1.165) is 85.0 Å². The molecule has 11 heteroatoms. The molecule has 0 bridgehead atoms. The number of benzene rings is 4. The van der Waals surface area contributed by atoms with Gasteiger partial charge >= 0.3 is 0 Å². The fraction of sp³-hybridized carbons (Fsp3) is 0.423. The number of fused-ring (bicyclic) bond motifs is 1. The summed E-state index contributed by atoms with van der Waals surface area (Å²) in [6, 6.07) is 31.2. The Morgan fingerprint density at radius 1 is 0.714 bits per heavy atom. The van der Waals surface area contributed by atoms with Crippen molar-refractivity contribution in [3.05, 3.63) is 120 Å². The van der Waals surface area contributed by atoms with Crippen molar-refractivity contribution in [1.29, 1.82) is 0 Å². The molecule has 0 unspecified atom stereocenters. The second-order valence-electron chi connectivity index (χ2n) is 18.4. The number of likely N-dealkylation sites (tertiary alicyclic amines) is 1. The number of anilines is 2. The number of carbonyl (C=O) groups is 4. The number of aromatic nitrogens is 1. The first kappa shape index (κ1) is 45.4. The average Bonchev–Trinajstić information content (AvgIpc) is 4.08. The molecule has 3 heterocycles. The highest BCUT2D eigenvalue weighted by molar-refractivity contribution is 6.09. The second-order valence-corrected chi connectivity index (χ2v) is 18.4. The summed E-state index contributed by atoms with van der Waals surface area (Å²) in [7, 11) is 3.99. The lowest BCUT2D eigenvalue weighted by Crippen LogP contribution is -2.48. The molecule has 4 N–H and O–H groups in total. The van der Waals surface area contributed by atoms with Gasteiger partial charge in [0.1, 0.15) is 12.1 Å². The summed E-state index contributed by atoms with van der Waals surface area (Å²) >= 11 is 0. The zero-order valence-corrected chi connectivity index (χ0v) is 37.8. The van der Waals surface area contributed by atoms with Crippen LogP contribution < -0.4 is 16.0 Å². The van der Waals surface area contributed by atoms with E-state index in [1.54, 1.807) is 4.90 Å². The van der Waals surface area contributed by atoms with Crippen LogP contribution in [-0.4, -0.2) is 95.5 Å². The van der Waals surface area contributed by atoms with Crippen molar-refractivity contribution in [2.24, 2.45) is 11.8 Å². The zero-order valence-electron chi connectivity index (χ0n) is 37.8. The molecule has 4 atom stereocenters. The quantitative estimate of drug-likeness (QED) is 0.0648. The number of H-pyrrole nitrogens is 1. The summed E-state index contributed by atoms with van der Waals surface area (Å²) in [5.41, 5.74) is 5.83. The van der Waals surface area contributed by atoms with Crippen molar-refractivity contribution in [3.8, 4) is 11.3 Å². The Kier molecular flexibility index (Phi) is 14.9. The van der Waals surface area contributed by atoms with E-state index in [-0.39, 0.29) is 29.5 Å². The van der Waals surface area contributed by atoms with E-state index < -0.39 is 18.1 Å². The third-order valence-corrected chi connectivity index (χ3v) is 12.7. The van der Waals surface area contributed by atoms with Crippen molar-refractivity contribution < 1.29 is 19.2 Å². The molecule has 4 aromatic carbocycles. The van der Waals surface area contributed by atoms with Gasteiger partial charge in [-0.15, -0.1) is 0 Å². The lowest BCUT2D eigenvalue weighted by atomic mass is 9.93. The number of hydrogen-bond acceptors (Lipinski definition) is 7. The molecule has 5 aromatic rings. The molecule has 63 heavy (non-hydrogen) atoms. The molecular weight excluding hydrogens is 787 g/mol. The monoisotopic (exact) mass is 852 g/mol. The first-order valence-corrected chi connectivity index (χ1v) is 22.8. The Morgan fingerprint density at radius 2 is 1.37 bits per heavy atom. The van der Waals surface area contributed by atoms with E-state index >= 15 is 0 Å². The number of likely N-dealkylation sites (N-methyl/N-ethyl adjacent to an activating group) is 2. The molecule has 1 aromatic heterocycles. The largest absolute Gasteiger partial charge is 0.355 e. The SMILES string of the molecule is CC(C)CCN(C)[C@@H](C(=O)c1cc(-c2cc3cc(NC(=O)[C@@H]4CCCN4C(=O)[C@@H](c4ccccc4)N(C)CCC(C)C)ccc3[nH]2)ccc1NC(=O)[C@@H]1CCCN1)c1ccccc1. The van der Waals surface area contributed by atoms with Crippen LogP contribution in [0.2, 0.25) is 0 Å². The van der Waals surface area contributed by atoms with Crippen LogP contribution >= 0.6 is 0 Å². The molecule has 2 fully saturated rings. The van der Waals surface area contributed by atoms with Gasteiger partial charge in [-0.05, 0) is 137 Å². The minimum absolute atomic E-state index is 0.0493. The van der Waals surface area contributed by atoms with Gasteiger partial charge in [-0.1, -0.05) is 94.4 Å². The minimum atomic E-state index is -0.580. The summed E-state index contributed by atoms with van der Waals surface area (Å²) in [5, 5.41) is 10.4. The van der Waals surface area contributed by atoms with Crippen LogP contribution in [0.5, 0.6) is 0 Å². The number of aromatic amines is 1. The maximum atomic E-state index is 14.9. The summed E-state index contributed by atoms with van der Waals surface area (Å²) < 4.78 is 0. The first-order valence-electron chi connectivity index (χ1n) is 22.8. The average molecular weight is 852 g/mol. The summed E-state index contributed by atoms with van der Waals surface area (Å²) in [6.07, 6.45) is 4.92. The number of ketones is 1. The Hall–Kier alpha value is -5.62. The van der Waals surface area contributed by atoms with E-state index in [4.69, 9.17) is 0 Å². The molecule has 2 aliphatic heterocycles. The van der Waals surface area contributed by atoms with Crippen molar-refractivity contribution in [3.63, 3.8) is 0 Å². The molecule has 0 aliphatic carbocycles. The number of rotatable bonds is 18. The van der Waals surface area contributed by atoms with Crippen LogP contribution in [0.25, 0.3) is 22.2 Å². The van der Waals surface area contributed by atoms with Crippen molar-refractivity contribution in [2.45, 2.75) is 90.4 Å². The fourth-order valence-electron chi connectivity index (χ4n) is 9.00. The molecule has 0 spiro atoms. The van der Waals surface area contributed by atoms with Crippen molar-refractivity contribution >= 4 is 45.8 Å². The summed E-state index contributed by atoms with van der Waals surface area (Å²) in [6.45, 7) is 11.6. The van der Waals surface area contributed by atoms with Gasteiger partial charge < -0.3 is 25.8 Å². The van der Waals surface area contributed by atoms with Gasteiger partial charge in [-0.2, -0.15) is 0 Å². The number of Topliss-reactive ketones (excluding diaryl/α,β-unsaturated/α-hetero) is 1. The van der Waals surface area contributed by atoms with Crippen LogP contribution in [-0.2, 0) is 14.4 Å². The molecule has 2 saturated heterocycles. The van der Waals surface area contributed by atoms with Gasteiger partial charge in [0.05, 0.1) is 17.8 Å². The number of hydrogen-bond donors (Lipinski definition) is 4.